The zero-order chi connectivity index (χ0) is 10.1. The van der Waals surface area contributed by atoms with Crippen molar-refractivity contribution in [3.63, 3.8) is 0 Å². The van der Waals surface area contributed by atoms with E-state index in [2.05, 4.69) is 15.9 Å². The monoisotopic (exact) mass is 277 g/mol. The third-order valence-electron chi connectivity index (χ3n) is 2.44. The van der Waals surface area contributed by atoms with Gasteiger partial charge < -0.3 is 4.90 Å². The first-order chi connectivity index (χ1) is 6.70. The van der Waals surface area contributed by atoms with Crippen molar-refractivity contribution in [2.45, 2.75) is 12.8 Å². The van der Waals surface area contributed by atoms with Crippen LogP contribution in [0.2, 0.25) is 5.02 Å². The van der Waals surface area contributed by atoms with Crippen molar-refractivity contribution in [2.75, 3.05) is 18.0 Å². The summed E-state index contributed by atoms with van der Waals surface area (Å²) < 4.78 is 14.3. The van der Waals surface area contributed by atoms with Crippen LogP contribution in [0.15, 0.2) is 16.6 Å². The molecule has 1 aromatic carbocycles. The van der Waals surface area contributed by atoms with E-state index < -0.39 is 0 Å². The van der Waals surface area contributed by atoms with Gasteiger partial charge in [-0.2, -0.15) is 0 Å². The molecular formula is C10H10BrClFN. The van der Waals surface area contributed by atoms with Gasteiger partial charge in [0.05, 0.1) is 10.7 Å². The first kappa shape index (κ1) is 10.2. The minimum atomic E-state index is -0.236. The van der Waals surface area contributed by atoms with Crippen molar-refractivity contribution in [3.8, 4) is 0 Å². The largest absolute Gasteiger partial charge is 0.368 e. The van der Waals surface area contributed by atoms with Crippen LogP contribution in [0.5, 0.6) is 0 Å². The number of halogens is 3. The summed E-state index contributed by atoms with van der Waals surface area (Å²) in [5.74, 6) is -0.236. The number of rotatable bonds is 1. The summed E-state index contributed by atoms with van der Waals surface area (Å²) in [5, 5.41) is 0.479. The molecule has 0 spiro atoms. The second-order valence-corrected chi connectivity index (χ2v) is 4.62. The van der Waals surface area contributed by atoms with E-state index >= 15 is 0 Å². The van der Waals surface area contributed by atoms with E-state index in [4.69, 9.17) is 11.6 Å². The number of anilines is 1. The van der Waals surface area contributed by atoms with E-state index in [1.165, 1.54) is 6.07 Å². The lowest BCUT2D eigenvalue weighted by Crippen LogP contribution is -2.19. The molecule has 0 unspecified atom stereocenters. The van der Waals surface area contributed by atoms with Crippen molar-refractivity contribution in [1.82, 2.24) is 0 Å². The van der Waals surface area contributed by atoms with E-state index in [1.54, 1.807) is 6.07 Å². The van der Waals surface area contributed by atoms with Gasteiger partial charge in [-0.05, 0) is 40.9 Å². The summed E-state index contributed by atoms with van der Waals surface area (Å²) in [5.41, 5.74) is 0.540. The Morgan fingerprint density at radius 1 is 1.29 bits per heavy atom. The predicted molar refractivity (Wildman–Crippen MR) is 60.6 cm³/mol. The standard InChI is InChI=1S/C10H10BrClFN/c11-7-3-4-8(13)10(9(7)12)14-5-1-2-6-14/h3-4H,1-2,5-6H2. The molecule has 4 heteroatoms. The van der Waals surface area contributed by atoms with Crippen LogP contribution in [0.4, 0.5) is 10.1 Å². The fraction of sp³-hybridized carbons (Fsp3) is 0.400. The molecule has 1 fully saturated rings. The zero-order valence-electron chi connectivity index (χ0n) is 7.56. The minimum Gasteiger partial charge on any atom is -0.368 e. The molecule has 1 saturated heterocycles. The van der Waals surface area contributed by atoms with Gasteiger partial charge in [0.15, 0.2) is 0 Å². The Balaban J connectivity index is 2.44. The van der Waals surface area contributed by atoms with Crippen LogP contribution in [0, 0.1) is 5.82 Å². The molecule has 76 valence electrons. The van der Waals surface area contributed by atoms with Gasteiger partial charge in [0, 0.05) is 17.6 Å². The van der Waals surface area contributed by atoms with Crippen LogP contribution < -0.4 is 4.90 Å². The first-order valence-corrected chi connectivity index (χ1v) is 5.75. The average molecular weight is 279 g/mol. The molecule has 0 N–H and O–H groups in total. The molecule has 2 rings (SSSR count). The van der Waals surface area contributed by atoms with E-state index in [1.807, 2.05) is 4.90 Å². The molecule has 0 bridgehead atoms. The highest BCUT2D eigenvalue weighted by molar-refractivity contribution is 9.10. The molecule has 1 aliphatic heterocycles. The summed E-state index contributed by atoms with van der Waals surface area (Å²) >= 11 is 9.35. The summed E-state index contributed by atoms with van der Waals surface area (Å²) in [4.78, 5) is 2.00. The van der Waals surface area contributed by atoms with Crippen molar-refractivity contribution < 1.29 is 4.39 Å². The Hall–Kier alpha value is -0.280. The molecule has 14 heavy (non-hydrogen) atoms. The maximum atomic E-state index is 13.5. The zero-order valence-corrected chi connectivity index (χ0v) is 9.91. The van der Waals surface area contributed by atoms with Crippen molar-refractivity contribution in [3.05, 3.63) is 27.4 Å². The van der Waals surface area contributed by atoms with Crippen LogP contribution in [0.1, 0.15) is 12.8 Å². The van der Waals surface area contributed by atoms with Crippen LogP contribution in [0.3, 0.4) is 0 Å². The second-order valence-electron chi connectivity index (χ2n) is 3.39. The molecule has 1 heterocycles. The lowest BCUT2D eigenvalue weighted by Gasteiger charge is -2.20. The SMILES string of the molecule is Fc1ccc(Br)c(Cl)c1N1CCCC1. The Morgan fingerprint density at radius 3 is 2.57 bits per heavy atom. The molecule has 0 aromatic heterocycles. The third-order valence-corrected chi connectivity index (χ3v) is 3.71. The van der Waals surface area contributed by atoms with Crippen LogP contribution in [0.25, 0.3) is 0 Å². The van der Waals surface area contributed by atoms with Gasteiger partial charge in [-0.3, -0.25) is 0 Å². The van der Waals surface area contributed by atoms with Crippen LogP contribution in [-0.2, 0) is 0 Å². The maximum Gasteiger partial charge on any atom is 0.148 e. The Morgan fingerprint density at radius 2 is 1.93 bits per heavy atom. The number of benzene rings is 1. The summed E-state index contributed by atoms with van der Waals surface area (Å²) in [6.07, 6.45) is 2.23. The highest BCUT2D eigenvalue weighted by Crippen LogP contribution is 2.36. The molecule has 0 radical (unpaired) electrons. The molecule has 1 aromatic rings. The molecule has 1 aliphatic rings. The van der Waals surface area contributed by atoms with Gasteiger partial charge in [0.2, 0.25) is 0 Å². The first-order valence-electron chi connectivity index (χ1n) is 4.58. The van der Waals surface area contributed by atoms with E-state index in [0.29, 0.717) is 10.7 Å². The van der Waals surface area contributed by atoms with E-state index in [9.17, 15) is 4.39 Å². The van der Waals surface area contributed by atoms with Gasteiger partial charge >= 0.3 is 0 Å². The van der Waals surface area contributed by atoms with Crippen molar-refractivity contribution in [2.24, 2.45) is 0 Å². The summed E-state index contributed by atoms with van der Waals surface area (Å²) in [7, 11) is 0. The van der Waals surface area contributed by atoms with E-state index in [0.717, 1.165) is 30.4 Å². The molecule has 0 atom stereocenters. The molecule has 0 amide bonds. The summed E-state index contributed by atoms with van der Waals surface area (Å²) in [6.45, 7) is 1.79. The Bertz CT molecular complexity index is 350. The highest BCUT2D eigenvalue weighted by Gasteiger charge is 2.20. The van der Waals surface area contributed by atoms with E-state index in [-0.39, 0.29) is 5.82 Å². The fourth-order valence-electron chi connectivity index (χ4n) is 1.75. The molecular weight excluding hydrogens is 268 g/mol. The molecule has 0 aliphatic carbocycles. The van der Waals surface area contributed by atoms with Gasteiger partial charge in [-0.15, -0.1) is 0 Å². The number of nitrogens with zero attached hydrogens (tertiary/aromatic N) is 1. The Kier molecular flexibility index (Phi) is 2.98. The highest BCUT2D eigenvalue weighted by atomic mass is 79.9. The van der Waals surface area contributed by atoms with Crippen molar-refractivity contribution >= 4 is 33.2 Å². The lowest BCUT2D eigenvalue weighted by molar-refractivity contribution is 0.623. The predicted octanol–water partition coefficient (Wildman–Crippen LogP) is 3.84. The fourth-order valence-corrected chi connectivity index (χ4v) is 2.34. The Labute approximate surface area is 96.0 Å². The van der Waals surface area contributed by atoms with Gasteiger partial charge in [-0.1, -0.05) is 11.6 Å². The molecule has 1 nitrogen and oxygen atoms in total. The average Bonchev–Trinajstić information content (AvgIpc) is 2.65. The smallest absolute Gasteiger partial charge is 0.148 e. The van der Waals surface area contributed by atoms with Crippen molar-refractivity contribution in [1.29, 1.82) is 0 Å². The van der Waals surface area contributed by atoms with Gasteiger partial charge in [-0.25, -0.2) is 4.39 Å². The normalized spacial score (nSPS) is 16.4. The third kappa shape index (κ3) is 1.75. The van der Waals surface area contributed by atoms with Crippen LogP contribution in [-0.4, -0.2) is 13.1 Å². The maximum absolute atomic E-state index is 13.5. The quantitative estimate of drug-likeness (QED) is 0.706. The lowest BCUT2D eigenvalue weighted by atomic mass is 10.3. The number of hydrogen-bond acceptors (Lipinski definition) is 1. The summed E-state index contributed by atoms with van der Waals surface area (Å²) in [6, 6.07) is 3.08. The van der Waals surface area contributed by atoms with Gasteiger partial charge in [0.25, 0.3) is 0 Å². The van der Waals surface area contributed by atoms with Gasteiger partial charge in [0.1, 0.15) is 5.82 Å². The van der Waals surface area contributed by atoms with Crippen LogP contribution >= 0.6 is 27.5 Å². The second kappa shape index (κ2) is 4.07. The number of hydrogen-bond donors (Lipinski definition) is 0. The topological polar surface area (TPSA) is 3.24 Å². The minimum absolute atomic E-state index is 0.236. The molecule has 0 saturated carbocycles.